The molecule has 0 spiro atoms. The summed E-state index contributed by atoms with van der Waals surface area (Å²) in [5.41, 5.74) is 2.91. The molecular formula is C17H27N. The van der Waals surface area contributed by atoms with E-state index in [-0.39, 0.29) is 0 Å². The van der Waals surface area contributed by atoms with Crippen LogP contribution in [0.4, 0.5) is 0 Å². The molecule has 1 N–H and O–H groups in total. The van der Waals surface area contributed by atoms with Crippen LogP contribution in [0.3, 0.4) is 0 Å². The van der Waals surface area contributed by atoms with E-state index in [1.54, 1.807) is 0 Å². The zero-order valence-corrected chi connectivity index (χ0v) is 12.1. The van der Waals surface area contributed by atoms with E-state index in [4.69, 9.17) is 0 Å². The summed E-state index contributed by atoms with van der Waals surface area (Å²) in [6, 6.07) is 10.1. The highest BCUT2D eigenvalue weighted by Crippen LogP contribution is 2.24. The van der Waals surface area contributed by atoms with Gasteiger partial charge in [0.05, 0.1) is 0 Å². The van der Waals surface area contributed by atoms with Crippen molar-refractivity contribution in [2.24, 2.45) is 5.92 Å². The number of nitrogens with one attached hydrogen (secondary N) is 1. The van der Waals surface area contributed by atoms with Crippen molar-refractivity contribution in [2.75, 3.05) is 0 Å². The van der Waals surface area contributed by atoms with Gasteiger partial charge in [-0.05, 0) is 50.2 Å². The zero-order valence-electron chi connectivity index (χ0n) is 12.1. The lowest BCUT2D eigenvalue weighted by molar-refractivity contribution is 0.283. The van der Waals surface area contributed by atoms with Gasteiger partial charge >= 0.3 is 0 Å². The lowest BCUT2D eigenvalue weighted by atomic mass is 9.86. The van der Waals surface area contributed by atoms with Crippen molar-refractivity contribution < 1.29 is 0 Å². The molecule has 0 amide bonds. The van der Waals surface area contributed by atoms with Crippen molar-refractivity contribution in [1.82, 2.24) is 5.32 Å². The number of rotatable bonds is 4. The first-order valence-electron chi connectivity index (χ1n) is 7.45. The van der Waals surface area contributed by atoms with Gasteiger partial charge in [-0.2, -0.15) is 0 Å². The highest BCUT2D eigenvalue weighted by atomic mass is 14.9. The first-order valence-corrected chi connectivity index (χ1v) is 7.45. The Kier molecular flexibility index (Phi) is 4.82. The molecule has 1 aromatic rings. The molecule has 1 fully saturated rings. The van der Waals surface area contributed by atoms with Gasteiger partial charge in [-0.1, -0.05) is 44.0 Å². The first kappa shape index (κ1) is 13.6. The van der Waals surface area contributed by atoms with Crippen LogP contribution in [0.1, 0.15) is 50.7 Å². The van der Waals surface area contributed by atoms with Crippen LogP contribution in [0.25, 0.3) is 0 Å². The molecule has 0 heterocycles. The minimum absolute atomic E-state index is 0.585. The average molecular weight is 245 g/mol. The quantitative estimate of drug-likeness (QED) is 0.842. The summed E-state index contributed by atoms with van der Waals surface area (Å²) < 4.78 is 0. The highest BCUT2D eigenvalue weighted by molar-refractivity contribution is 5.26. The van der Waals surface area contributed by atoms with Gasteiger partial charge in [0.25, 0.3) is 0 Å². The molecule has 3 atom stereocenters. The molecule has 0 aliphatic heterocycles. The molecule has 1 nitrogen and oxygen atoms in total. The van der Waals surface area contributed by atoms with E-state index in [2.05, 4.69) is 50.4 Å². The van der Waals surface area contributed by atoms with Crippen LogP contribution in [0.15, 0.2) is 24.3 Å². The molecule has 3 unspecified atom stereocenters. The minimum atomic E-state index is 0.585. The van der Waals surface area contributed by atoms with Gasteiger partial charge < -0.3 is 5.32 Å². The molecule has 18 heavy (non-hydrogen) atoms. The second kappa shape index (κ2) is 6.38. The predicted octanol–water partition coefficient (Wildman–Crippen LogP) is 4.09. The predicted molar refractivity (Wildman–Crippen MR) is 78.9 cm³/mol. The molecular weight excluding hydrogens is 218 g/mol. The van der Waals surface area contributed by atoms with Gasteiger partial charge in [0.15, 0.2) is 0 Å². The third-order valence-corrected chi connectivity index (χ3v) is 4.24. The molecule has 0 saturated heterocycles. The second-order valence-corrected chi connectivity index (χ2v) is 6.17. The number of aryl methyl sites for hydroxylation is 1. The Morgan fingerprint density at radius 1 is 1.28 bits per heavy atom. The highest BCUT2D eigenvalue weighted by Gasteiger charge is 2.20. The van der Waals surface area contributed by atoms with E-state index in [1.165, 1.54) is 36.8 Å². The summed E-state index contributed by atoms with van der Waals surface area (Å²) in [5.74, 6) is 0.905. The van der Waals surface area contributed by atoms with Crippen molar-refractivity contribution in [3.63, 3.8) is 0 Å². The molecule has 1 aromatic carbocycles. The summed E-state index contributed by atoms with van der Waals surface area (Å²) in [7, 11) is 0. The largest absolute Gasteiger partial charge is 0.311 e. The molecule has 100 valence electrons. The third kappa shape index (κ3) is 3.84. The molecule has 1 saturated carbocycles. The normalized spacial score (nSPS) is 25.9. The average Bonchev–Trinajstić information content (AvgIpc) is 2.32. The standard InChI is InChI=1S/C17H27N/c1-13-7-6-10-17(11-13)18-15(3)12-16-9-5-4-8-14(16)2/h4-5,8-9,13,15,17-18H,6-7,10-12H2,1-3H3. The number of hydrogen-bond acceptors (Lipinski definition) is 1. The topological polar surface area (TPSA) is 12.0 Å². The summed E-state index contributed by atoms with van der Waals surface area (Å²) in [4.78, 5) is 0. The van der Waals surface area contributed by atoms with Crippen LogP contribution in [0.5, 0.6) is 0 Å². The van der Waals surface area contributed by atoms with Crippen molar-refractivity contribution in [1.29, 1.82) is 0 Å². The fourth-order valence-electron chi connectivity index (χ4n) is 3.22. The van der Waals surface area contributed by atoms with Crippen LogP contribution in [0, 0.1) is 12.8 Å². The Bertz CT molecular complexity index is 372. The monoisotopic (exact) mass is 245 g/mol. The second-order valence-electron chi connectivity index (χ2n) is 6.17. The SMILES string of the molecule is Cc1ccccc1CC(C)NC1CCCC(C)C1. The van der Waals surface area contributed by atoms with Gasteiger partial charge in [-0.25, -0.2) is 0 Å². The first-order chi connectivity index (χ1) is 8.65. The van der Waals surface area contributed by atoms with E-state index < -0.39 is 0 Å². The van der Waals surface area contributed by atoms with Gasteiger partial charge in [0.2, 0.25) is 0 Å². The minimum Gasteiger partial charge on any atom is -0.311 e. The fourth-order valence-corrected chi connectivity index (χ4v) is 3.22. The summed E-state index contributed by atoms with van der Waals surface area (Å²) in [6.45, 7) is 6.93. The summed E-state index contributed by atoms with van der Waals surface area (Å²) in [6.07, 6.45) is 6.69. The number of hydrogen-bond donors (Lipinski definition) is 1. The van der Waals surface area contributed by atoms with E-state index >= 15 is 0 Å². The molecule has 1 heteroatoms. The van der Waals surface area contributed by atoms with Crippen LogP contribution in [-0.4, -0.2) is 12.1 Å². The van der Waals surface area contributed by atoms with E-state index in [0.717, 1.165) is 18.4 Å². The molecule has 2 rings (SSSR count). The lowest BCUT2D eigenvalue weighted by Crippen LogP contribution is -2.40. The van der Waals surface area contributed by atoms with Crippen molar-refractivity contribution in [3.8, 4) is 0 Å². The summed E-state index contributed by atoms with van der Waals surface area (Å²) >= 11 is 0. The van der Waals surface area contributed by atoms with Crippen molar-refractivity contribution in [2.45, 2.75) is 65.0 Å². The molecule has 0 bridgehead atoms. The van der Waals surface area contributed by atoms with Crippen LogP contribution in [-0.2, 0) is 6.42 Å². The van der Waals surface area contributed by atoms with Gasteiger partial charge in [-0.15, -0.1) is 0 Å². The molecule has 0 aromatic heterocycles. The zero-order chi connectivity index (χ0) is 13.0. The van der Waals surface area contributed by atoms with Crippen molar-refractivity contribution >= 4 is 0 Å². The third-order valence-electron chi connectivity index (χ3n) is 4.24. The maximum Gasteiger partial charge on any atom is 0.00818 e. The van der Waals surface area contributed by atoms with Gasteiger partial charge in [0, 0.05) is 12.1 Å². The fraction of sp³-hybridized carbons (Fsp3) is 0.647. The Labute approximate surface area is 112 Å². The maximum atomic E-state index is 3.82. The van der Waals surface area contributed by atoms with E-state index in [9.17, 15) is 0 Å². The Morgan fingerprint density at radius 2 is 2.06 bits per heavy atom. The van der Waals surface area contributed by atoms with Crippen LogP contribution >= 0.6 is 0 Å². The molecule has 1 aliphatic rings. The van der Waals surface area contributed by atoms with Crippen LogP contribution in [0.2, 0.25) is 0 Å². The molecule has 0 radical (unpaired) electrons. The smallest absolute Gasteiger partial charge is 0.00818 e. The Morgan fingerprint density at radius 3 is 2.78 bits per heavy atom. The van der Waals surface area contributed by atoms with E-state index in [0.29, 0.717) is 6.04 Å². The number of benzene rings is 1. The van der Waals surface area contributed by atoms with Crippen molar-refractivity contribution in [3.05, 3.63) is 35.4 Å². The Balaban J connectivity index is 1.85. The Hall–Kier alpha value is -0.820. The van der Waals surface area contributed by atoms with Gasteiger partial charge in [-0.3, -0.25) is 0 Å². The lowest BCUT2D eigenvalue weighted by Gasteiger charge is -2.30. The van der Waals surface area contributed by atoms with E-state index in [1.807, 2.05) is 0 Å². The summed E-state index contributed by atoms with van der Waals surface area (Å²) in [5, 5.41) is 3.82. The maximum absolute atomic E-state index is 3.82. The van der Waals surface area contributed by atoms with Crippen LogP contribution < -0.4 is 5.32 Å². The molecule has 1 aliphatic carbocycles. The van der Waals surface area contributed by atoms with Gasteiger partial charge in [0.1, 0.15) is 0 Å².